The lowest BCUT2D eigenvalue weighted by molar-refractivity contribution is -0.140. The van der Waals surface area contributed by atoms with Crippen molar-refractivity contribution in [3.8, 4) is 0 Å². The van der Waals surface area contributed by atoms with E-state index < -0.39 is 12.2 Å². The lowest BCUT2D eigenvalue weighted by Crippen LogP contribution is -2.06. The lowest BCUT2D eigenvalue weighted by Gasteiger charge is -2.08. The highest BCUT2D eigenvalue weighted by Crippen LogP contribution is 2.11. The summed E-state index contributed by atoms with van der Waals surface area (Å²) in [6, 6.07) is 0. The highest BCUT2D eigenvalue weighted by Gasteiger charge is 2.03. The molecule has 136 valence electrons. The minimum atomic E-state index is -0.481. The van der Waals surface area contributed by atoms with Crippen molar-refractivity contribution in [2.45, 2.75) is 96.2 Å². The van der Waals surface area contributed by atoms with E-state index in [4.69, 9.17) is 0 Å². The summed E-state index contributed by atoms with van der Waals surface area (Å²) in [7, 11) is 1.41. The first-order valence-electron chi connectivity index (χ1n) is 9.21. The summed E-state index contributed by atoms with van der Waals surface area (Å²) >= 11 is 0. The molecule has 0 aromatic carbocycles. The second-order valence-corrected chi connectivity index (χ2v) is 6.25. The number of carbonyl (C=O) groups excluding carboxylic acids is 1. The molecule has 0 radical (unpaired) electrons. The van der Waals surface area contributed by atoms with Crippen LogP contribution in [0.5, 0.6) is 0 Å². The van der Waals surface area contributed by atoms with Crippen LogP contribution in [0.2, 0.25) is 0 Å². The van der Waals surface area contributed by atoms with Gasteiger partial charge >= 0.3 is 5.97 Å². The molecule has 2 N–H and O–H groups in total. The van der Waals surface area contributed by atoms with Crippen LogP contribution in [0.1, 0.15) is 84.0 Å². The Labute approximate surface area is 141 Å². The van der Waals surface area contributed by atoms with E-state index in [1.54, 1.807) is 12.2 Å². The molecule has 0 saturated heterocycles. The standard InChI is InChI=1S/C19H36O4/c1-3-4-5-6-9-12-17(20)15-16-18(21)13-10-7-8-11-14-19(22)23-2/h15-18,20-21H,3-14H2,1-2H3/b16-15+/t17-,18-/m0/s1. The van der Waals surface area contributed by atoms with Crippen LogP contribution in [-0.4, -0.2) is 35.5 Å². The van der Waals surface area contributed by atoms with Gasteiger partial charge in [-0.1, -0.05) is 70.4 Å². The highest BCUT2D eigenvalue weighted by molar-refractivity contribution is 5.68. The van der Waals surface area contributed by atoms with Crippen LogP contribution in [0.15, 0.2) is 12.2 Å². The van der Waals surface area contributed by atoms with E-state index in [1.165, 1.54) is 32.8 Å². The summed E-state index contributed by atoms with van der Waals surface area (Å²) in [5.74, 6) is -0.156. The molecule has 0 spiro atoms. The molecule has 0 aromatic rings. The monoisotopic (exact) mass is 328 g/mol. The van der Waals surface area contributed by atoms with Gasteiger partial charge in [0.15, 0.2) is 0 Å². The summed E-state index contributed by atoms with van der Waals surface area (Å²) in [6.07, 6.45) is 14.2. The molecular formula is C19H36O4. The number of unbranched alkanes of at least 4 members (excludes halogenated alkanes) is 7. The number of ether oxygens (including phenoxy) is 1. The van der Waals surface area contributed by atoms with Gasteiger partial charge in [0.2, 0.25) is 0 Å². The van der Waals surface area contributed by atoms with Crippen molar-refractivity contribution in [1.82, 2.24) is 0 Å². The van der Waals surface area contributed by atoms with Crippen LogP contribution in [-0.2, 0) is 9.53 Å². The van der Waals surface area contributed by atoms with Gasteiger partial charge in [-0.2, -0.15) is 0 Å². The first kappa shape index (κ1) is 22.1. The van der Waals surface area contributed by atoms with E-state index in [-0.39, 0.29) is 5.97 Å². The van der Waals surface area contributed by atoms with Gasteiger partial charge in [-0.05, 0) is 19.3 Å². The summed E-state index contributed by atoms with van der Waals surface area (Å²) in [5, 5.41) is 19.7. The Morgan fingerprint density at radius 1 is 0.870 bits per heavy atom. The van der Waals surface area contributed by atoms with Crippen molar-refractivity contribution < 1.29 is 19.7 Å². The molecule has 0 aliphatic carbocycles. The Morgan fingerprint density at radius 3 is 1.83 bits per heavy atom. The number of hydrogen-bond donors (Lipinski definition) is 2. The smallest absolute Gasteiger partial charge is 0.305 e. The molecule has 0 unspecified atom stereocenters. The maximum atomic E-state index is 10.9. The van der Waals surface area contributed by atoms with Gasteiger partial charge in [-0.15, -0.1) is 0 Å². The second-order valence-electron chi connectivity index (χ2n) is 6.25. The molecule has 0 aliphatic rings. The number of esters is 1. The maximum absolute atomic E-state index is 10.9. The van der Waals surface area contributed by atoms with Crippen molar-refractivity contribution in [2.24, 2.45) is 0 Å². The maximum Gasteiger partial charge on any atom is 0.305 e. The van der Waals surface area contributed by atoms with Gasteiger partial charge in [-0.25, -0.2) is 0 Å². The topological polar surface area (TPSA) is 66.8 Å². The highest BCUT2D eigenvalue weighted by atomic mass is 16.5. The first-order chi connectivity index (χ1) is 11.1. The van der Waals surface area contributed by atoms with Crippen molar-refractivity contribution >= 4 is 5.97 Å². The second kappa shape index (κ2) is 16.0. The Bertz CT molecular complexity index is 302. The van der Waals surface area contributed by atoms with Crippen LogP contribution < -0.4 is 0 Å². The van der Waals surface area contributed by atoms with Gasteiger partial charge in [0.25, 0.3) is 0 Å². The quantitative estimate of drug-likeness (QED) is 0.269. The molecule has 4 heteroatoms. The van der Waals surface area contributed by atoms with Gasteiger partial charge in [0.1, 0.15) is 0 Å². The van der Waals surface area contributed by atoms with Crippen molar-refractivity contribution in [3.63, 3.8) is 0 Å². The summed E-state index contributed by atoms with van der Waals surface area (Å²) in [6.45, 7) is 2.19. The molecule has 0 saturated carbocycles. The van der Waals surface area contributed by atoms with Crippen LogP contribution in [0.25, 0.3) is 0 Å². The first-order valence-corrected chi connectivity index (χ1v) is 9.21. The van der Waals surface area contributed by atoms with Gasteiger partial charge in [-0.3, -0.25) is 4.79 Å². The average molecular weight is 328 g/mol. The minimum Gasteiger partial charge on any atom is -0.469 e. The molecule has 4 nitrogen and oxygen atoms in total. The van der Waals surface area contributed by atoms with E-state index in [2.05, 4.69) is 11.7 Å². The molecule has 0 aromatic heterocycles. The van der Waals surface area contributed by atoms with Crippen LogP contribution in [0.3, 0.4) is 0 Å². The molecular weight excluding hydrogens is 292 g/mol. The molecule has 0 heterocycles. The number of methoxy groups -OCH3 is 1. The molecule has 0 rings (SSSR count). The molecule has 2 atom stereocenters. The van der Waals surface area contributed by atoms with Gasteiger partial charge in [0.05, 0.1) is 19.3 Å². The zero-order valence-corrected chi connectivity index (χ0v) is 15.0. The number of rotatable bonds is 15. The third-order valence-corrected chi connectivity index (χ3v) is 4.02. The Balaban J connectivity index is 3.52. The van der Waals surface area contributed by atoms with Crippen LogP contribution in [0.4, 0.5) is 0 Å². The molecule has 0 bridgehead atoms. The minimum absolute atomic E-state index is 0.156. The SMILES string of the molecule is CCCCCCC[C@H](O)/C=C/[C@@H](O)CCCCCCC(=O)OC. The fraction of sp³-hybridized carbons (Fsp3) is 0.842. The van der Waals surface area contributed by atoms with E-state index in [0.717, 1.165) is 38.5 Å². The van der Waals surface area contributed by atoms with Crippen molar-refractivity contribution in [3.05, 3.63) is 12.2 Å². The summed E-state index contributed by atoms with van der Waals surface area (Å²) in [5.41, 5.74) is 0. The van der Waals surface area contributed by atoms with E-state index in [9.17, 15) is 15.0 Å². The molecule has 0 fully saturated rings. The average Bonchev–Trinajstić information content (AvgIpc) is 2.55. The summed E-state index contributed by atoms with van der Waals surface area (Å²) < 4.78 is 4.58. The van der Waals surface area contributed by atoms with E-state index in [0.29, 0.717) is 12.8 Å². The fourth-order valence-corrected chi connectivity index (χ4v) is 2.48. The Hall–Kier alpha value is -0.870. The normalized spacial score (nSPS) is 14.1. The van der Waals surface area contributed by atoms with E-state index in [1.807, 2.05) is 0 Å². The van der Waals surface area contributed by atoms with Gasteiger partial charge < -0.3 is 14.9 Å². The fourth-order valence-electron chi connectivity index (χ4n) is 2.48. The van der Waals surface area contributed by atoms with E-state index >= 15 is 0 Å². The largest absolute Gasteiger partial charge is 0.469 e. The number of carbonyl (C=O) groups is 1. The van der Waals surface area contributed by atoms with Crippen LogP contribution in [0, 0.1) is 0 Å². The zero-order valence-electron chi connectivity index (χ0n) is 15.0. The van der Waals surface area contributed by atoms with Crippen molar-refractivity contribution in [1.29, 1.82) is 0 Å². The third kappa shape index (κ3) is 15.8. The molecule has 23 heavy (non-hydrogen) atoms. The third-order valence-electron chi connectivity index (χ3n) is 4.02. The predicted octanol–water partition coefficient (Wildman–Crippen LogP) is 4.14. The summed E-state index contributed by atoms with van der Waals surface area (Å²) in [4.78, 5) is 10.9. The molecule has 0 aliphatic heterocycles. The Kier molecular flexibility index (Phi) is 15.4. The van der Waals surface area contributed by atoms with Crippen molar-refractivity contribution in [2.75, 3.05) is 7.11 Å². The predicted molar refractivity (Wildman–Crippen MR) is 94.2 cm³/mol. The number of aliphatic hydroxyl groups excluding tert-OH is 2. The van der Waals surface area contributed by atoms with Crippen LogP contribution >= 0.6 is 0 Å². The number of aliphatic hydroxyl groups is 2. The molecule has 0 amide bonds. The lowest BCUT2D eigenvalue weighted by atomic mass is 10.1. The van der Waals surface area contributed by atoms with Gasteiger partial charge in [0, 0.05) is 6.42 Å². The zero-order chi connectivity index (χ0) is 17.3. The number of hydrogen-bond acceptors (Lipinski definition) is 4. The Morgan fingerprint density at radius 2 is 1.35 bits per heavy atom.